The van der Waals surface area contributed by atoms with Gasteiger partial charge in [0.1, 0.15) is 6.10 Å². The van der Waals surface area contributed by atoms with Crippen molar-refractivity contribution in [2.75, 3.05) is 33.0 Å². The highest BCUT2D eigenvalue weighted by Gasteiger charge is 2.32. The van der Waals surface area contributed by atoms with Gasteiger partial charge in [0.15, 0.2) is 6.29 Å². The third-order valence-corrected chi connectivity index (χ3v) is 4.16. The van der Waals surface area contributed by atoms with Crippen LogP contribution in [0.15, 0.2) is 0 Å². The fraction of sp³-hybridized carbons (Fsp3) is 0.938. The van der Waals surface area contributed by atoms with Crippen molar-refractivity contribution in [3.05, 3.63) is 0 Å². The Labute approximate surface area is 127 Å². The van der Waals surface area contributed by atoms with Crippen LogP contribution in [-0.2, 0) is 18.9 Å². The molecule has 1 saturated heterocycles. The van der Waals surface area contributed by atoms with E-state index in [-0.39, 0.29) is 18.3 Å². The van der Waals surface area contributed by atoms with Crippen molar-refractivity contribution in [1.29, 1.82) is 5.26 Å². The summed E-state index contributed by atoms with van der Waals surface area (Å²) < 4.78 is 22.7. The first kappa shape index (κ1) is 16.7. The van der Waals surface area contributed by atoms with E-state index in [9.17, 15) is 0 Å². The van der Waals surface area contributed by atoms with Gasteiger partial charge in [-0.1, -0.05) is 6.92 Å². The Kier molecular flexibility index (Phi) is 7.45. The van der Waals surface area contributed by atoms with E-state index >= 15 is 0 Å². The summed E-state index contributed by atoms with van der Waals surface area (Å²) in [7, 11) is 0. The van der Waals surface area contributed by atoms with Crippen molar-refractivity contribution < 1.29 is 18.9 Å². The zero-order valence-electron chi connectivity index (χ0n) is 13.0. The highest BCUT2D eigenvalue weighted by Crippen LogP contribution is 2.33. The molecule has 5 heteroatoms. The topological polar surface area (TPSA) is 60.7 Å². The van der Waals surface area contributed by atoms with Crippen LogP contribution in [0.25, 0.3) is 0 Å². The SMILES string of the molecule is CCCOCCO[C@H]1CO[C@H]([C@H]2CC[C@H](C#N)CC2)OC1. The first-order chi connectivity index (χ1) is 10.3. The van der Waals surface area contributed by atoms with Crippen LogP contribution >= 0.6 is 0 Å². The first-order valence-electron chi connectivity index (χ1n) is 8.15. The van der Waals surface area contributed by atoms with Crippen LogP contribution in [0.3, 0.4) is 0 Å². The second-order valence-corrected chi connectivity index (χ2v) is 5.88. The molecular weight excluding hydrogens is 270 g/mol. The summed E-state index contributed by atoms with van der Waals surface area (Å²) in [5.74, 6) is 0.660. The quantitative estimate of drug-likeness (QED) is 0.676. The van der Waals surface area contributed by atoms with Crippen LogP contribution in [0.2, 0.25) is 0 Å². The summed E-state index contributed by atoms with van der Waals surface area (Å²) in [5, 5.41) is 8.92. The molecule has 0 radical (unpaired) electrons. The second kappa shape index (κ2) is 9.37. The minimum Gasteiger partial charge on any atom is -0.379 e. The maximum Gasteiger partial charge on any atom is 0.160 e. The first-order valence-corrected chi connectivity index (χ1v) is 8.15. The Hall–Kier alpha value is -0.670. The number of hydrogen-bond donors (Lipinski definition) is 0. The lowest BCUT2D eigenvalue weighted by Gasteiger charge is -2.36. The molecule has 1 saturated carbocycles. The molecule has 0 N–H and O–H groups in total. The van der Waals surface area contributed by atoms with Gasteiger partial charge in [0, 0.05) is 18.4 Å². The molecule has 0 aromatic rings. The van der Waals surface area contributed by atoms with Crippen molar-refractivity contribution in [3.63, 3.8) is 0 Å². The highest BCUT2D eigenvalue weighted by atomic mass is 16.7. The lowest BCUT2D eigenvalue weighted by Crippen LogP contribution is -2.42. The van der Waals surface area contributed by atoms with Crippen molar-refractivity contribution >= 4 is 0 Å². The van der Waals surface area contributed by atoms with E-state index in [4.69, 9.17) is 24.2 Å². The number of nitriles is 1. The van der Waals surface area contributed by atoms with Gasteiger partial charge in [0.2, 0.25) is 0 Å². The number of rotatable bonds is 7. The fourth-order valence-corrected chi connectivity index (χ4v) is 2.91. The minimum absolute atomic E-state index is 0.0157. The Morgan fingerprint density at radius 1 is 1.05 bits per heavy atom. The van der Waals surface area contributed by atoms with Gasteiger partial charge in [0.25, 0.3) is 0 Å². The van der Waals surface area contributed by atoms with Gasteiger partial charge in [-0.25, -0.2) is 0 Å². The van der Waals surface area contributed by atoms with Crippen molar-refractivity contribution in [1.82, 2.24) is 0 Å². The molecule has 0 spiro atoms. The lowest BCUT2D eigenvalue weighted by molar-refractivity contribution is -0.250. The Morgan fingerprint density at radius 3 is 2.38 bits per heavy atom. The molecule has 5 nitrogen and oxygen atoms in total. The van der Waals surface area contributed by atoms with Crippen LogP contribution in [0, 0.1) is 23.2 Å². The molecule has 2 fully saturated rings. The third kappa shape index (κ3) is 5.55. The van der Waals surface area contributed by atoms with E-state index in [2.05, 4.69) is 13.0 Å². The van der Waals surface area contributed by atoms with E-state index in [0.29, 0.717) is 32.3 Å². The van der Waals surface area contributed by atoms with E-state index in [1.807, 2.05) is 0 Å². The normalized spacial score (nSPS) is 33.5. The minimum atomic E-state index is -0.110. The third-order valence-electron chi connectivity index (χ3n) is 4.16. The molecule has 0 unspecified atom stereocenters. The van der Waals surface area contributed by atoms with E-state index in [0.717, 1.165) is 38.7 Å². The molecule has 0 aromatic carbocycles. The Morgan fingerprint density at radius 2 is 1.76 bits per heavy atom. The number of nitrogens with zero attached hydrogens (tertiary/aromatic N) is 1. The van der Waals surface area contributed by atoms with Gasteiger partial charge in [0.05, 0.1) is 32.5 Å². The summed E-state index contributed by atoms with van der Waals surface area (Å²) in [6.07, 6.45) is 4.94. The van der Waals surface area contributed by atoms with Gasteiger partial charge in [-0.05, 0) is 32.1 Å². The molecule has 1 aliphatic carbocycles. The highest BCUT2D eigenvalue weighted by molar-refractivity contribution is 4.88. The standard InChI is InChI=1S/C16H27NO4/c1-2-7-18-8-9-19-15-11-20-16(21-12-15)14-5-3-13(10-17)4-6-14/h13-16H,2-9,11-12H2,1H3/t13-,14-,15-,16-. The van der Waals surface area contributed by atoms with Crippen LogP contribution in [0.5, 0.6) is 0 Å². The lowest BCUT2D eigenvalue weighted by atomic mass is 9.82. The van der Waals surface area contributed by atoms with Crippen molar-refractivity contribution in [2.45, 2.75) is 51.4 Å². The smallest absolute Gasteiger partial charge is 0.160 e. The summed E-state index contributed by atoms with van der Waals surface area (Å²) in [6, 6.07) is 2.36. The van der Waals surface area contributed by atoms with Crippen LogP contribution in [0.4, 0.5) is 0 Å². The molecule has 0 bridgehead atoms. The Bertz CT molecular complexity index is 315. The number of ether oxygens (including phenoxy) is 4. The molecule has 2 aliphatic rings. The second-order valence-electron chi connectivity index (χ2n) is 5.88. The summed E-state index contributed by atoms with van der Waals surface area (Å²) in [5.41, 5.74) is 0. The Balaban J connectivity index is 1.57. The van der Waals surface area contributed by atoms with Gasteiger partial charge < -0.3 is 18.9 Å². The zero-order chi connectivity index (χ0) is 14.9. The summed E-state index contributed by atoms with van der Waals surface area (Å²) >= 11 is 0. The predicted octanol–water partition coefficient (Wildman–Crippen LogP) is 2.50. The molecule has 0 atom stereocenters. The monoisotopic (exact) mass is 297 g/mol. The maximum atomic E-state index is 8.92. The van der Waals surface area contributed by atoms with Gasteiger partial charge >= 0.3 is 0 Å². The van der Waals surface area contributed by atoms with Crippen LogP contribution in [-0.4, -0.2) is 45.4 Å². The largest absolute Gasteiger partial charge is 0.379 e. The molecule has 120 valence electrons. The van der Waals surface area contributed by atoms with Gasteiger partial charge in [-0.2, -0.15) is 5.26 Å². The van der Waals surface area contributed by atoms with Crippen molar-refractivity contribution in [3.8, 4) is 6.07 Å². The average molecular weight is 297 g/mol. The molecule has 1 aliphatic heterocycles. The zero-order valence-corrected chi connectivity index (χ0v) is 13.0. The molecule has 0 aromatic heterocycles. The van der Waals surface area contributed by atoms with E-state index < -0.39 is 0 Å². The summed E-state index contributed by atoms with van der Waals surface area (Å²) in [6.45, 7) is 5.29. The van der Waals surface area contributed by atoms with Gasteiger partial charge in [-0.3, -0.25) is 0 Å². The number of hydrogen-bond acceptors (Lipinski definition) is 5. The predicted molar refractivity (Wildman–Crippen MR) is 77.6 cm³/mol. The molecule has 1 heterocycles. The molecule has 0 amide bonds. The van der Waals surface area contributed by atoms with Crippen LogP contribution < -0.4 is 0 Å². The molecule has 2 rings (SSSR count). The molecule has 21 heavy (non-hydrogen) atoms. The summed E-state index contributed by atoms with van der Waals surface area (Å²) in [4.78, 5) is 0. The molecular formula is C16H27NO4. The van der Waals surface area contributed by atoms with E-state index in [1.165, 1.54) is 0 Å². The van der Waals surface area contributed by atoms with Crippen molar-refractivity contribution in [2.24, 2.45) is 11.8 Å². The van der Waals surface area contributed by atoms with Gasteiger partial charge in [-0.15, -0.1) is 0 Å². The average Bonchev–Trinajstić information content (AvgIpc) is 2.55. The van der Waals surface area contributed by atoms with Crippen LogP contribution in [0.1, 0.15) is 39.0 Å². The van der Waals surface area contributed by atoms with E-state index in [1.54, 1.807) is 0 Å². The fourth-order valence-electron chi connectivity index (χ4n) is 2.91. The maximum absolute atomic E-state index is 8.92.